The number of aliphatic hydroxyl groups is 1. The summed E-state index contributed by atoms with van der Waals surface area (Å²) in [6.07, 6.45) is -0.101. The van der Waals surface area contributed by atoms with Crippen LogP contribution in [0.15, 0.2) is 53.4 Å². The van der Waals surface area contributed by atoms with Crippen LogP contribution in [0.4, 0.5) is 4.79 Å². The first-order valence-corrected chi connectivity index (χ1v) is 15.9. The zero-order valence-electron chi connectivity index (χ0n) is 24.9. The Kier molecular flexibility index (Phi) is 12.2. The summed E-state index contributed by atoms with van der Waals surface area (Å²) >= 11 is 0. The highest BCUT2D eigenvalue weighted by Crippen LogP contribution is 2.39. The number of carbonyl (C=O) groups is 1. The molecule has 0 bridgehead atoms. The number of hydrogen-bond acceptors (Lipinski definition) is 8. The number of amides is 1. The SMILES string of the molecule is CCC(CC)(CCC#N)Cc1cc(S(=O)(=O)N(Cc2ccccc2)[C@H](NC(=O)O[C@H]2CCOC2)[C@@H](C)O)ccc1OC. The minimum absolute atomic E-state index is 0.000584. The van der Waals surface area contributed by atoms with Crippen LogP contribution in [0.3, 0.4) is 0 Å². The largest absolute Gasteiger partial charge is 0.496 e. The molecule has 11 heteroatoms. The van der Waals surface area contributed by atoms with Crippen molar-refractivity contribution in [2.24, 2.45) is 5.41 Å². The Morgan fingerprint density at radius 3 is 2.52 bits per heavy atom. The summed E-state index contributed by atoms with van der Waals surface area (Å²) in [5.41, 5.74) is 1.18. The second kappa shape index (κ2) is 15.3. The van der Waals surface area contributed by atoms with Gasteiger partial charge in [-0.3, -0.25) is 0 Å². The molecule has 2 aromatic rings. The number of methoxy groups -OCH3 is 1. The van der Waals surface area contributed by atoms with Crippen molar-refractivity contribution < 1.29 is 32.5 Å². The maximum atomic E-state index is 14.4. The summed E-state index contributed by atoms with van der Waals surface area (Å²) in [7, 11) is -2.74. The summed E-state index contributed by atoms with van der Waals surface area (Å²) in [4.78, 5) is 12.8. The monoisotopic (exact) mass is 601 g/mol. The van der Waals surface area contributed by atoms with Crippen molar-refractivity contribution in [1.29, 1.82) is 5.26 Å². The van der Waals surface area contributed by atoms with Crippen LogP contribution in [0.5, 0.6) is 5.75 Å². The Morgan fingerprint density at radius 1 is 1.24 bits per heavy atom. The van der Waals surface area contributed by atoms with E-state index in [1.807, 2.05) is 6.07 Å². The average Bonchev–Trinajstić information content (AvgIpc) is 3.50. The second-order valence-corrected chi connectivity index (χ2v) is 12.7. The van der Waals surface area contributed by atoms with Crippen molar-refractivity contribution in [3.63, 3.8) is 0 Å². The van der Waals surface area contributed by atoms with Gasteiger partial charge >= 0.3 is 6.09 Å². The van der Waals surface area contributed by atoms with Crippen LogP contribution in [-0.2, 0) is 32.5 Å². The standard InChI is InChI=1S/C31H43N3O7S/c1-5-31(6-2,16-10-17-32)20-25-19-27(13-14-28(25)39-4)42(37,38)34(21-24-11-8-7-9-12-24)29(23(3)35)33-30(36)41-26-15-18-40-22-26/h7-9,11-14,19,23,26,29,35H,5-6,10,15-16,18,20-22H2,1-4H3,(H,33,36)/t23-,26+,29+/m1/s1. The van der Waals surface area contributed by atoms with Crippen molar-refractivity contribution in [2.75, 3.05) is 20.3 Å². The van der Waals surface area contributed by atoms with Gasteiger partial charge in [-0.05, 0) is 54.5 Å². The van der Waals surface area contributed by atoms with Crippen molar-refractivity contribution in [2.45, 2.75) is 89.1 Å². The van der Waals surface area contributed by atoms with Crippen LogP contribution in [0.2, 0.25) is 0 Å². The zero-order valence-corrected chi connectivity index (χ0v) is 25.7. The number of carbonyl (C=O) groups excluding carboxylic acids is 1. The molecule has 42 heavy (non-hydrogen) atoms. The lowest BCUT2D eigenvalue weighted by Gasteiger charge is -2.34. The van der Waals surface area contributed by atoms with Crippen molar-refractivity contribution >= 4 is 16.1 Å². The molecule has 3 atom stereocenters. The van der Waals surface area contributed by atoms with Gasteiger partial charge in [-0.1, -0.05) is 57.0 Å². The number of sulfonamides is 1. The van der Waals surface area contributed by atoms with Gasteiger partial charge in [-0.15, -0.1) is 0 Å². The van der Waals surface area contributed by atoms with E-state index < -0.39 is 34.5 Å². The van der Waals surface area contributed by atoms with E-state index in [2.05, 4.69) is 25.2 Å². The number of rotatable bonds is 15. The van der Waals surface area contributed by atoms with Gasteiger partial charge in [0.2, 0.25) is 10.0 Å². The molecule has 0 spiro atoms. The summed E-state index contributed by atoms with van der Waals surface area (Å²) < 4.78 is 46.1. The van der Waals surface area contributed by atoms with Crippen molar-refractivity contribution in [3.8, 4) is 11.8 Å². The molecule has 10 nitrogen and oxygen atoms in total. The van der Waals surface area contributed by atoms with Crippen LogP contribution in [0.1, 0.15) is 64.0 Å². The van der Waals surface area contributed by atoms with E-state index in [0.29, 0.717) is 49.2 Å². The van der Waals surface area contributed by atoms with E-state index in [9.17, 15) is 23.6 Å². The Balaban J connectivity index is 2.03. The zero-order chi connectivity index (χ0) is 30.8. The molecular weight excluding hydrogens is 558 g/mol. The minimum Gasteiger partial charge on any atom is -0.496 e. The Hall–Kier alpha value is -3.17. The van der Waals surface area contributed by atoms with Crippen molar-refractivity contribution in [1.82, 2.24) is 9.62 Å². The maximum Gasteiger partial charge on any atom is 0.408 e. The normalized spacial score (nSPS) is 16.9. The van der Waals surface area contributed by atoms with E-state index >= 15 is 0 Å². The number of hydrogen-bond donors (Lipinski definition) is 2. The molecule has 1 saturated heterocycles. The first-order valence-electron chi connectivity index (χ1n) is 14.4. The molecule has 1 aliphatic heterocycles. The number of ether oxygens (including phenoxy) is 3. The predicted molar refractivity (Wildman–Crippen MR) is 158 cm³/mol. The first-order chi connectivity index (χ1) is 20.1. The van der Waals surface area contributed by atoms with E-state index in [4.69, 9.17) is 14.2 Å². The molecule has 2 aromatic carbocycles. The van der Waals surface area contributed by atoms with E-state index in [1.54, 1.807) is 36.4 Å². The van der Waals surface area contributed by atoms with Crippen LogP contribution in [0.25, 0.3) is 0 Å². The minimum atomic E-state index is -4.28. The number of nitriles is 1. The summed E-state index contributed by atoms with van der Waals surface area (Å²) in [5.74, 6) is 0.555. The molecule has 1 fully saturated rings. The predicted octanol–water partition coefficient (Wildman–Crippen LogP) is 4.76. The second-order valence-electron chi connectivity index (χ2n) is 10.8. The fourth-order valence-electron chi connectivity index (χ4n) is 5.30. The lowest BCUT2D eigenvalue weighted by atomic mass is 9.73. The number of aliphatic hydroxyl groups excluding tert-OH is 1. The van der Waals surface area contributed by atoms with Crippen LogP contribution in [0, 0.1) is 16.7 Å². The van der Waals surface area contributed by atoms with Gasteiger partial charge in [0.1, 0.15) is 18.0 Å². The third-order valence-corrected chi connectivity index (χ3v) is 9.89. The fourth-order valence-corrected chi connectivity index (χ4v) is 6.95. The van der Waals surface area contributed by atoms with Gasteiger partial charge in [-0.25, -0.2) is 13.2 Å². The molecular formula is C31H43N3O7S. The van der Waals surface area contributed by atoms with Crippen LogP contribution < -0.4 is 10.1 Å². The molecule has 1 amide bonds. The molecule has 2 N–H and O–H groups in total. The quantitative estimate of drug-likeness (QED) is 0.279. The summed E-state index contributed by atoms with van der Waals surface area (Å²) in [6.45, 7) is 6.20. The molecule has 3 rings (SSSR count). The smallest absolute Gasteiger partial charge is 0.408 e. The van der Waals surface area contributed by atoms with Gasteiger partial charge in [0, 0.05) is 19.4 Å². The Morgan fingerprint density at radius 2 is 1.95 bits per heavy atom. The van der Waals surface area contributed by atoms with Crippen molar-refractivity contribution in [3.05, 3.63) is 59.7 Å². The van der Waals surface area contributed by atoms with E-state index in [1.165, 1.54) is 20.1 Å². The molecule has 230 valence electrons. The number of benzene rings is 2. The molecule has 1 heterocycles. The molecule has 1 aliphatic rings. The van der Waals surface area contributed by atoms with E-state index in [-0.39, 0.29) is 23.5 Å². The van der Waals surface area contributed by atoms with Gasteiger partial charge < -0.3 is 24.6 Å². The Labute approximate surface area is 249 Å². The van der Waals surface area contributed by atoms with E-state index in [0.717, 1.165) is 17.1 Å². The number of nitrogens with one attached hydrogen (secondary N) is 1. The molecule has 0 aliphatic carbocycles. The van der Waals surface area contributed by atoms with Gasteiger partial charge in [-0.2, -0.15) is 9.57 Å². The highest BCUT2D eigenvalue weighted by atomic mass is 32.2. The number of alkyl carbamates (subject to hydrolysis) is 1. The average molecular weight is 602 g/mol. The summed E-state index contributed by atoms with van der Waals surface area (Å²) in [6, 6.07) is 15.9. The highest BCUT2D eigenvalue weighted by molar-refractivity contribution is 7.89. The van der Waals surface area contributed by atoms with Crippen LogP contribution >= 0.6 is 0 Å². The number of nitrogens with zero attached hydrogens (tertiary/aromatic N) is 2. The van der Waals surface area contributed by atoms with Crippen LogP contribution in [-0.4, -0.2) is 62.6 Å². The van der Waals surface area contributed by atoms with Gasteiger partial charge in [0.25, 0.3) is 0 Å². The molecule has 0 aromatic heterocycles. The maximum absolute atomic E-state index is 14.4. The Bertz CT molecular complexity index is 1300. The first kappa shape index (κ1) is 33.3. The molecule has 0 saturated carbocycles. The lowest BCUT2D eigenvalue weighted by molar-refractivity contribution is 0.0507. The molecule has 0 unspecified atom stereocenters. The lowest BCUT2D eigenvalue weighted by Crippen LogP contribution is -2.56. The van der Waals surface area contributed by atoms with Gasteiger partial charge in [0.15, 0.2) is 0 Å². The third-order valence-electron chi connectivity index (χ3n) is 8.07. The summed E-state index contributed by atoms with van der Waals surface area (Å²) in [5, 5.41) is 22.6. The molecule has 0 radical (unpaired) electrons. The highest BCUT2D eigenvalue weighted by Gasteiger charge is 2.37. The van der Waals surface area contributed by atoms with Gasteiger partial charge in [0.05, 0.1) is 37.4 Å². The fraction of sp³-hybridized carbons (Fsp3) is 0.548. The third kappa shape index (κ3) is 8.44. The topological polar surface area (TPSA) is 138 Å².